The Labute approximate surface area is 449 Å². The third-order valence-corrected chi connectivity index (χ3v) is 14.8. The van der Waals surface area contributed by atoms with Crippen molar-refractivity contribution in [3.8, 4) is 0 Å². The van der Waals surface area contributed by atoms with Crippen LogP contribution in [0.15, 0.2) is 0 Å². The van der Waals surface area contributed by atoms with Gasteiger partial charge in [0.05, 0.1) is 19.4 Å². The standard InChI is InChI=1S/C58H110NO14P/c1-5-9-13-17-21-25-29-33-37-41-48(69-52(62)43-39-35-31-27-23-19-15-11-7-3)45-51(61)59-55-57(56(73-74(66,67)68)50(47-60)71-58(55)65)72-54(64)46-49(42-38-34-30-26-22-18-14-10-6-2)70-53(63)44-40-36-32-28-24-20-16-12-8-4/h48-50,55-58,60,65H,5-47H2,1-4H3,(H,59,61)(H2,66,67,68)/t48-,49-,50-,55-,56-,57-,58-/m1/s1. The summed E-state index contributed by atoms with van der Waals surface area (Å²) in [6, 6.07) is -1.62. The average molecular weight is 1080 g/mol. The first-order valence-corrected chi connectivity index (χ1v) is 31.9. The Bertz CT molecular complexity index is 1430. The zero-order valence-corrected chi connectivity index (χ0v) is 48.2. The highest BCUT2D eigenvalue weighted by atomic mass is 31.2. The number of nitrogens with one attached hydrogen (secondary N) is 1. The van der Waals surface area contributed by atoms with Crippen molar-refractivity contribution >= 4 is 31.6 Å². The first-order chi connectivity index (χ1) is 35.8. The number of amides is 1. The van der Waals surface area contributed by atoms with Gasteiger partial charge in [-0.25, -0.2) is 4.57 Å². The molecule has 1 heterocycles. The highest BCUT2D eigenvalue weighted by Crippen LogP contribution is 2.42. The third kappa shape index (κ3) is 38.4. The second kappa shape index (κ2) is 46.9. The second-order valence-electron chi connectivity index (χ2n) is 21.4. The molecule has 0 spiro atoms. The SMILES string of the molecule is CCCCCCCCCCCC(=O)O[C@H](CCCCCCCCCCC)CC(=O)N[C@@H]1[C@@H](OC(=O)C[C@@H](CCCCCCCCCCC)OC(=O)CCCCCCCCCCC)[C@H](OP(=O)(O)O)[C@@H](CO)O[C@H]1O. The van der Waals surface area contributed by atoms with Crippen molar-refractivity contribution in [2.75, 3.05) is 6.61 Å². The molecule has 74 heavy (non-hydrogen) atoms. The molecule has 0 saturated carbocycles. The molecule has 0 aromatic carbocycles. The summed E-state index contributed by atoms with van der Waals surface area (Å²) in [5, 5.41) is 24.2. The molecule has 16 heteroatoms. The number of rotatable bonds is 51. The van der Waals surface area contributed by atoms with Crippen molar-refractivity contribution < 1.29 is 67.2 Å². The molecule has 1 saturated heterocycles. The van der Waals surface area contributed by atoms with E-state index < -0.39 is 87.5 Å². The topological polar surface area (TPSA) is 224 Å². The molecule has 0 aromatic heterocycles. The summed E-state index contributed by atoms with van der Waals surface area (Å²) in [6.45, 7) is 7.89. The van der Waals surface area contributed by atoms with Crippen molar-refractivity contribution in [1.82, 2.24) is 5.32 Å². The van der Waals surface area contributed by atoms with E-state index in [-0.39, 0.29) is 19.3 Å². The van der Waals surface area contributed by atoms with Crippen LogP contribution in [-0.2, 0) is 47.2 Å². The van der Waals surface area contributed by atoms with Crippen LogP contribution in [0.25, 0.3) is 0 Å². The van der Waals surface area contributed by atoms with E-state index >= 15 is 0 Å². The fourth-order valence-electron chi connectivity index (χ4n) is 9.90. The van der Waals surface area contributed by atoms with Crippen molar-refractivity contribution in [3.05, 3.63) is 0 Å². The van der Waals surface area contributed by atoms with E-state index in [0.29, 0.717) is 38.5 Å². The highest BCUT2D eigenvalue weighted by Gasteiger charge is 2.51. The van der Waals surface area contributed by atoms with Gasteiger partial charge in [0.1, 0.15) is 30.5 Å². The van der Waals surface area contributed by atoms with Gasteiger partial charge in [0.25, 0.3) is 0 Å². The Balaban J connectivity index is 3.19. The van der Waals surface area contributed by atoms with E-state index in [0.717, 1.165) is 89.9 Å². The summed E-state index contributed by atoms with van der Waals surface area (Å²) in [5.74, 6) is -2.45. The van der Waals surface area contributed by atoms with Gasteiger partial charge in [-0.2, -0.15) is 0 Å². The summed E-state index contributed by atoms with van der Waals surface area (Å²) in [4.78, 5) is 74.3. The molecule has 1 aliphatic heterocycles. The molecule has 0 radical (unpaired) electrons. The van der Waals surface area contributed by atoms with Crippen LogP contribution in [0.2, 0.25) is 0 Å². The number of unbranched alkanes of at least 4 members (excludes halogenated alkanes) is 32. The quantitative estimate of drug-likeness (QED) is 0.0165. The van der Waals surface area contributed by atoms with Crippen molar-refractivity contribution in [2.24, 2.45) is 0 Å². The zero-order chi connectivity index (χ0) is 54.5. The van der Waals surface area contributed by atoms with Crippen LogP contribution in [0.3, 0.4) is 0 Å². The van der Waals surface area contributed by atoms with Gasteiger partial charge in [-0.3, -0.25) is 23.7 Å². The van der Waals surface area contributed by atoms with Crippen LogP contribution in [0.4, 0.5) is 0 Å². The van der Waals surface area contributed by atoms with Gasteiger partial charge in [-0.05, 0) is 38.5 Å². The number of phosphoric acid groups is 1. The Morgan fingerprint density at radius 3 is 1.18 bits per heavy atom. The van der Waals surface area contributed by atoms with Gasteiger partial charge in [0.2, 0.25) is 5.91 Å². The van der Waals surface area contributed by atoms with Gasteiger partial charge in [0.15, 0.2) is 12.4 Å². The maximum atomic E-state index is 14.0. The molecule has 5 N–H and O–H groups in total. The number of aliphatic hydroxyl groups excluding tert-OH is 2. The summed E-state index contributed by atoms with van der Waals surface area (Å²) >= 11 is 0. The molecule has 15 nitrogen and oxygen atoms in total. The molecule has 1 rings (SSSR count). The minimum atomic E-state index is -5.34. The lowest BCUT2D eigenvalue weighted by molar-refractivity contribution is -0.256. The van der Waals surface area contributed by atoms with E-state index in [2.05, 4.69) is 33.0 Å². The Hall–Kier alpha value is -2.13. The van der Waals surface area contributed by atoms with Crippen molar-refractivity contribution in [3.63, 3.8) is 0 Å². The summed E-state index contributed by atoms with van der Waals surface area (Å²) in [6.07, 6.45) is 30.8. The number of carbonyl (C=O) groups is 4. The largest absolute Gasteiger partial charge is 0.470 e. The number of hydrogen-bond acceptors (Lipinski definition) is 12. The van der Waals surface area contributed by atoms with Gasteiger partial charge in [0, 0.05) is 12.8 Å². The van der Waals surface area contributed by atoms with E-state index in [4.69, 9.17) is 23.5 Å². The fraction of sp³-hybridized carbons (Fsp3) is 0.931. The number of hydrogen-bond donors (Lipinski definition) is 5. The maximum absolute atomic E-state index is 14.0. The van der Waals surface area contributed by atoms with Crippen LogP contribution < -0.4 is 5.32 Å². The average Bonchev–Trinajstić information content (AvgIpc) is 3.35. The predicted molar refractivity (Wildman–Crippen MR) is 293 cm³/mol. The molecule has 1 aliphatic rings. The lowest BCUT2D eigenvalue weighted by Gasteiger charge is -2.43. The van der Waals surface area contributed by atoms with E-state index in [9.17, 15) is 43.7 Å². The van der Waals surface area contributed by atoms with Crippen molar-refractivity contribution in [2.45, 2.75) is 340 Å². The summed E-state index contributed by atoms with van der Waals surface area (Å²) in [5.41, 5.74) is 0. The van der Waals surface area contributed by atoms with Crippen molar-refractivity contribution in [1.29, 1.82) is 0 Å². The van der Waals surface area contributed by atoms with Crippen LogP contribution in [0.5, 0.6) is 0 Å². The monoisotopic (exact) mass is 1080 g/mol. The second-order valence-corrected chi connectivity index (χ2v) is 22.6. The number of carbonyl (C=O) groups excluding carboxylic acids is 4. The first kappa shape index (κ1) is 69.9. The first-order valence-electron chi connectivity index (χ1n) is 30.3. The smallest absolute Gasteiger partial charge is 0.462 e. The molecular formula is C58H110NO14P. The molecule has 0 aromatic rings. The molecule has 0 unspecified atom stereocenters. The van der Waals surface area contributed by atoms with Crippen LogP contribution >= 0.6 is 7.82 Å². The number of ether oxygens (including phenoxy) is 4. The van der Waals surface area contributed by atoms with Gasteiger partial charge in [-0.1, -0.05) is 233 Å². The van der Waals surface area contributed by atoms with Crippen LogP contribution in [0, 0.1) is 0 Å². The minimum absolute atomic E-state index is 0.199. The van der Waals surface area contributed by atoms with E-state index in [1.807, 2.05) is 0 Å². The lowest BCUT2D eigenvalue weighted by Crippen LogP contribution is -2.65. The molecule has 0 bridgehead atoms. The highest BCUT2D eigenvalue weighted by molar-refractivity contribution is 7.46. The molecule has 1 amide bonds. The molecule has 436 valence electrons. The van der Waals surface area contributed by atoms with E-state index in [1.54, 1.807) is 0 Å². The van der Waals surface area contributed by atoms with E-state index in [1.165, 1.54) is 116 Å². The zero-order valence-electron chi connectivity index (χ0n) is 47.3. The molecule has 7 atom stereocenters. The molecule has 1 fully saturated rings. The van der Waals surface area contributed by atoms with Crippen LogP contribution in [0.1, 0.15) is 297 Å². The van der Waals surface area contributed by atoms with Gasteiger partial charge in [-0.15, -0.1) is 0 Å². The lowest BCUT2D eigenvalue weighted by atomic mass is 9.96. The number of aliphatic hydroxyl groups is 2. The minimum Gasteiger partial charge on any atom is -0.462 e. The molecular weight excluding hydrogens is 966 g/mol. The van der Waals surface area contributed by atoms with Gasteiger partial charge < -0.3 is 44.3 Å². The maximum Gasteiger partial charge on any atom is 0.470 e. The fourth-order valence-corrected chi connectivity index (χ4v) is 10.5. The Morgan fingerprint density at radius 1 is 0.486 bits per heavy atom. The third-order valence-electron chi connectivity index (χ3n) is 14.3. The number of phosphoric ester groups is 1. The molecule has 0 aliphatic carbocycles. The Kier molecular flexibility index (Phi) is 44.3. The van der Waals surface area contributed by atoms with Gasteiger partial charge >= 0.3 is 25.7 Å². The number of esters is 3. The summed E-state index contributed by atoms with van der Waals surface area (Å²) < 4.78 is 40.6. The van der Waals surface area contributed by atoms with Crippen LogP contribution in [-0.4, -0.2) is 93.3 Å². The normalized spacial score (nSPS) is 18.7. The summed E-state index contributed by atoms with van der Waals surface area (Å²) in [7, 11) is -5.34. The predicted octanol–water partition coefficient (Wildman–Crippen LogP) is 13.9. The Morgan fingerprint density at radius 2 is 0.824 bits per heavy atom.